The van der Waals surface area contributed by atoms with Crippen LogP contribution in [0.25, 0.3) is 0 Å². The van der Waals surface area contributed by atoms with Crippen LogP contribution >= 0.6 is 0 Å². The lowest BCUT2D eigenvalue weighted by Crippen LogP contribution is -2.40. The molecule has 0 aliphatic carbocycles. The molecule has 4 nitrogen and oxygen atoms in total. The minimum Gasteiger partial charge on any atom is -0.212 e. The molecule has 0 amide bonds. The molecule has 0 aromatic heterocycles. The van der Waals surface area contributed by atoms with Crippen molar-refractivity contribution in [3.8, 4) is 6.07 Å². The van der Waals surface area contributed by atoms with Crippen LogP contribution in [0.5, 0.6) is 0 Å². The molecule has 21 heavy (non-hydrogen) atoms. The summed E-state index contributed by atoms with van der Waals surface area (Å²) in [5.41, 5.74) is 1.20. The van der Waals surface area contributed by atoms with E-state index in [0.29, 0.717) is 6.42 Å². The summed E-state index contributed by atoms with van der Waals surface area (Å²) in [6.45, 7) is 3.96. The molecule has 1 fully saturated rings. The van der Waals surface area contributed by atoms with Crippen LogP contribution in [0, 0.1) is 11.3 Å². The number of hydrogen-bond acceptors (Lipinski definition) is 3. The van der Waals surface area contributed by atoms with Crippen LogP contribution in [-0.4, -0.2) is 30.6 Å². The van der Waals surface area contributed by atoms with Crippen LogP contribution in [0.15, 0.2) is 30.3 Å². The van der Waals surface area contributed by atoms with Gasteiger partial charge in [-0.3, -0.25) is 0 Å². The normalized spacial score (nSPS) is 26.6. The highest BCUT2D eigenvalue weighted by atomic mass is 32.2. The van der Waals surface area contributed by atoms with Gasteiger partial charge in [-0.2, -0.15) is 9.57 Å². The average Bonchev–Trinajstić information content (AvgIpc) is 2.75. The van der Waals surface area contributed by atoms with Gasteiger partial charge in [0.2, 0.25) is 10.0 Å². The van der Waals surface area contributed by atoms with Crippen molar-refractivity contribution in [3.05, 3.63) is 35.9 Å². The van der Waals surface area contributed by atoms with E-state index >= 15 is 0 Å². The minimum atomic E-state index is -3.29. The molecule has 1 heterocycles. The molecule has 0 N–H and O–H groups in total. The molecule has 0 unspecified atom stereocenters. The summed E-state index contributed by atoms with van der Waals surface area (Å²) in [7, 11) is -3.29. The Hall–Kier alpha value is -1.38. The van der Waals surface area contributed by atoms with E-state index in [-0.39, 0.29) is 30.2 Å². The zero-order chi connectivity index (χ0) is 15.5. The molecule has 114 valence electrons. The lowest BCUT2D eigenvalue weighted by Gasteiger charge is -2.27. The minimum absolute atomic E-state index is 0.0114. The number of rotatable bonds is 5. The van der Waals surface area contributed by atoms with Crippen LogP contribution in [0.3, 0.4) is 0 Å². The van der Waals surface area contributed by atoms with Crippen molar-refractivity contribution >= 4 is 10.0 Å². The summed E-state index contributed by atoms with van der Waals surface area (Å²) >= 11 is 0. The van der Waals surface area contributed by atoms with Gasteiger partial charge in [0, 0.05) is 24.4 Å². The van der Waals surface area contributed by atoms with Crippen molar-refractivity contribution in [2.75, 3.05) is 5.75 Å². The Morgan fingerprint density at radius 3 is 2.57 bits per heavy atom. The first-order valence-corrected chi connectivity index (χ1v) is 9.01. The predicted molar refractivity (Wildman–Crippen MR) is 83.2 cm³/mol. The van der Waals surface area contributed by atoms with E-state index in [9.17, 15) is 8.42 Å². The van der Waals surface area contributed by atoms with Gasteiger partial charge in [0.25, 0.3) is 0 Å². The molecule has 1 saturated heterocycles. The monoisotopic (exact) mass is 306 g/mol. The summed E-state index contributed by atoms with van der Waals surface area (Å²) in [5.74, 6) is 0.309. The van der Waals surface area contributed by atoms with E-state index in [1.54, 1.807) is 4.31 Å². The first-order valence-electron chi connectivity index (χ1n) is 7.40. The molecule has 0 radical (unpaired) electrons. The second-order valence-electron chi connectivity index (χ2n) is 5.75. The number of nitrogens with zero attached hydrogens (tertiary/aromatic N) is 2. The van der Waals surface area contributed by atoms with E-state index in [1.807, 2.05) is 38.1 Å². The second kappa shape index (κ2) is 6.59. The molecule has 0 spiro atoms. The van der Waals surface area contributed by atoms with Crippen LogP contribution in [0.4, 0.5) is 0 Å². The van der Waals surface area contributed by atoms with Gasteiger partial charge in [-0.25, -0.2) is 8.42 Å². The molecule has 5 heteroatoms. The molecule has 0 saturated carbocycles. The van der Waals surface area contributed by atoms with Gasteiger partial charge < -0.3 is 0 Å². The lowest BCUT2D eigenvalue weighted by atomic mass is 9.92. The SMILES string of the molecule is C[C@@H]1C[C@@H](c2ccccc2)[C@@H](C)N1S(=O)(=O)CCCC#N. The molecule has 3 atom stereocenters. The molecular weight excluding hydrogens is 284 g/mol. The van der Waals surface area contributed by atoms with E-state index < -0.39 is 10.0 Å². The smallest absolute Gasteiger partial charge is 0.212 e. The topological polar surface area (TPSA) is 61.2 Å². The molecule has 1 aliphatic heterocycles. The van der Waals surface area contributed by atoms with E-state index in [2.05, 4.69) is 12.1 Å². The first-order chi connectivity index (χ1) is 9.97. The fraction of sp³-hybridized carbons (Fsp3) is 0.562. The second-order valence-corrected chi connectivity index (χ2v) is 7.74. The van der Waals surface area contributed by atoms with Crippen molar-refractivity contribution in [1.82, 2.24) is 4.31 Å². The summed E-state index contributed by atoms with van der Waals surface area (Å²) < 4.78 is 26.7. The molecule has 2 rings (SSSR count). The fourth-order valence-corrected chi connectivity index (χ4v) is 5.34. The van der Waals surface area contributed by atoms with E-state index in [0.717, 1.165) is 6.42 Å². The van der Waals surface area contributed by atoms with Crippen molar-refractivity contribution in [1.29, 1.82) is 5.26 Å². The summed E-state index contributed by atoms with van der Waals surface area (Å²) in [5, 5.41) is 8.56. The van der Waals surface area contributed by atoms with Crippen LogP contribution in [0.2, 0.25) is 0 Å². The Bertz CT molecular complexity index is 607. The molecule has 1 aliphatic rings. The zero-order valence-electron chi connectivity index (χ0n) is 12.6. The first kappa shape index (κ1) is 16.0. The van der Waals surface area contributed by atoms with Gasteiger partial charge >= 0.3 is 0 Å². The Morgan fingerprint density at radius 2 is 1.95 bits per heavy atom. The van der Waals surface area contributed by atoms with Crippen LogP contribution in [-0.2, 0) is 10.0 Å². The maximum Gasteiger partial charge on any atom is 0.214 e. The highest BCUT2D eigenvalue weighted by Crippen LogP contribution is 2.39. The van der Waals surface area contributed by atoms with Crippen molar-refractivity contribution < 1.29 is 8.42 Å². The van der Waals surface area contributed by atoms with Gasteiger partial charge in [0.15, 0.2) is 0 Å². The standard InChI is InChI=1S/C16H22N2O2S/c1-13-12-16(15-8-4-3-5-9-15)14(2)18(13)21(19,20)11-7-6-10-17/h3-5,8-9,13-14,16H,6-7,11-12H2,1-2H3/t13-,14-,16-/m1/s1. The maximum atomic E-state index is 12.5. The van der Waals surface area contributed by atoms with E-state index in [1.165, 1.54) is 5.56 Å². The highest BCUT2D eigenvalue weighted by molar-refractivity contribution is 7.89. The summed E-state index contributed by atoms with van der Waals surface area (Å²) in [6.07, 6.45) is 1.55. The number of nitriles is 1. The Kier molecular flexibility index (Phi) is 5.02. The molecule has 1 aromatic rings. The average molecular weight is 306 g/mol. The summed E-state index contributed by atoms with van der Waals surface area (Å²) in [6, 6.07) is 12.1. The number of sulfonamides is 1. The predicted octanol–water partition coefficient (Wildman–Crippen LogP) is 2.89. The number of unbranched alkanes of at least 4 members (excludes halogenated alkanes) is 1. The van der Waals surface area contributed by atoms with Gasteiger partial charge in [-0.15, -0.1) is 0 Å². The van der Waals surface area contributed by atoms with Gasteiger partial charge in [-0.1, -0.05) is 30.3 Å². The van der Waals surface area contributed by atoms with Gasteiger partial charge in [0.1, 0.15) is 0 Å². The van der Waals surface area contributed by atoms with Crippen LogP contribution in [0.1, 0.15) is 44.6 Å². The van der Waals surface area contributed by atoms with Gasteiger partial charge in [0.05, 0.1) is 11.8 Å². The number of benzene rings is 1. The highest BCUT2D eigenvalue weighted by Gasteiger charge is 2.42. The quantitative estimate of drug-likeness (QED) is 0.786. The van der Waals surface area contributed by atoms with E-state index in [4.69, 9.17) is 5.26 Å². The Morgan fingerprint density at radius 1 is 1.29 bits per heavy atom. The summed E-state index contributed by atoms with van der Waals surface area (Å²) in [4.78, 5) is 0. The number of hydrogen-bond donors (Lipinski definition) is 0. The molecule has 1 aromatic carbocycles. The Balaban J connectivity index is 2.17. The third-order valence-corrected chi connectivity index (χ3v) is 6.39. The maximum absolute atomic E-state index is 12.5. The zero-order valence-corrected chi connectivity index (χ0v) is 13.4. The fourth-order valence-electron chi connectivity index (χ4n) is 3.33. The van der Waals surface area contributed by atoms with Crippen LogP contribution < -0.4 is 0 Å². The van der Waals surface area contributed by atoms with Crippen molar-refractivity contribution in [2.24, 2.45) is 0 Å². The van der Waals surface area contributed by atoms with Crippen molar-refractivity contribution in [2.45, 2.75) is 51.1 Å². The van der Waals surface area contributed by atoms with Gasteiger partial charge in [-0.05, 0) is 32.3 Å². The third-order valence-electron chi connectivity index (χ3n) is 4.25. The molecule has 0 bridgehead atoms. The Labute approximate surface area is 127 Å². The van der Waals surface area contributed by atoms with Crippen molar-refractivity contribution in [3.63, 3.8) is 0 Å². The molecular formula is C16H22N2O2S. The lowest BCUT2D eigenvalue weighted by molar-refractivity contribution is 0.343. The largest absolute Gasteiger partial charge is 0.214 e. The third kappa shape index (κ3) is 3.45.